The first-order chi connectivity index (χ1) is 14.9. The van der Waals surface area contributed by atoms with Gasteiger partial charge in [-0.25, -0.2) is 0 Å². The van der Waals surface area contributed by atoms with E-state index in [9.17, 15) is 4.79 Å². The molecule has 0 unspecified atom stereocenters. The van der Waals surface area contributed by atoms with E-state index in [4.69, 9.17) is 14.2 Å². The molecule has 1 aromatic carbocycles. The predicted molar refractivity (Wildman–Crippen MR) is 118 cm³/mol. The normalized spacial score (nSPS) is 44.0. The molecular formula is C26H35NO4. The number of ether oxygens (including phenoxy) is 3. The summed E-state index contributed by atoms with van der Waals surface area (Å²) in [5, 5.41) is 0. The summed E-state index contributed by atoms with van der Waals surface area (Å²) in [6.07, 6.45) is 6.48. The number of methoxy groups -OCH3 is 2. The Morgan fingerprint density at radius 1 is 1.26 bits per heavy atom. The second kappa shape index (κ2) is 6.05. The highest BCUT2D eigenvalue weighted by molar-refractivity contribution is 5.84. The number of likely N-dealkylation sites (tertiary alicyclic amines) is 1. The van der Waals surface area contributed by atoms with Crippen molar-refractivity contribution in [1.82, 2.24) is 4.90 Å². The summed E-state index contributed by atoms with van der Waals surface area (Å²) in [5.74, 6) is 1.98. The SMILES string of the molecule is CCCC(=O)[C@H]1C[C@@]23CC[C@]1(OC)[C@@]1(C)Oc4c(OC)ccc5c4[C@]21CCN(C)[C@@H]3C5. The zero-order chi connectivity index (χ0) is 21.8. The van der Waals surface area contributed by atoms with Gasteiger partial charge < -0.3 is 19.1 Å². The van der Waals surface area contributed by atoms with Gasteiger partial charge in [0.15, 0.2) is 11.5 Å². The van der Waals surface area contributed by atoms with Gasteiger partial charge in [0.2, 0.25) is 0 Å². The molecule has 4 bridgehead atoms. The van der Waals surface area contributed by atoms with Gasteiger partial charge in [-0.05, 0) is 70.7 Å². The van der Waals surface area contributed by atoms with Crippen LogP contribution in [0.5, 0.6) is 11.5 Å². The van der Waals surface area contributed by atoms with E-state index in [0.29, 0.717) is 18.2 Å². The number of rotatable bonds is 5. The van der Waals surface area contributed by atoms with E-state index in [1.807, 2.05) is 7.11 Å². The molecule has 2 aliphatic heterocycles. The third-order valence-electron chi connectivity index (χ3n) is 10.4. The number of Topliss-reactive ketones (excluding diaryl/α,β-unsaturated/α-hetero) is 1. The Balaban J connectivity index is 1.68. The largest absolute Gasteiger partial charge is 0.493 e. The Morgan fingerprint density at radius 2 is 2.06 bits per heavy atom. The molecule has 168 valence electrons. The third kappa shape index (κ3) is 1.85. The van der Waals surface area contributed by atoms with Crippen LogP contribution in [0.4, 0.5) is 0 Å². The fourth-order valence-electron chi connectivity index (χ4n) is 9.29. The van der Waals surface area contributed by atoms with Crippen LogP contribution >= 0.6 is 0 Å². The van der Waals surface area contributed by atoms with Crippen molar-refractivity contribution in [2.45, 2.75) is 81.5 Å². The maximum atomic E-state index is 13.6. The molecule has 6 aliphatic rings. The Labute approximate surface area is 185 Å². The van der Waals surface area contributed by atoms with Crippen LogP contribution in [0.25, 0.3) is 0 Å². The van der Waals surface area contributed by atoms with Gasteiger partial charge in [0.05, 0.1) is 18.4 Å². The Hall–Kier alpha value is -1.59. The lowest BCUT2D eigenvalue weighted by atomic mass is 9.31. The van der Waals surface area contributed by atoms with Crippen LogP contribution in [0.2, 0.25) is 0 Å². The lowest BCUT2D eigenvalue weighted by Crippen LogP contribution is -2.85. The molecule has 5 heteroatoms. The molecule has 31 heavy (non-hydrogen) atoms. The van der Waals surface area contributed by atoms with Crippen molar-refractivity contribution >= 4 is 5.78 Å². The van der Waals surface area contributed by atoms with E-state index in [-0.39, 0.29) is 16.7 Å². The Morgan fingerprint density at radius 3 is 2.77 bits per heavy atom. The standard InChI is InChI=1S/C26H35NO4/c1-6-7-18(28)17-15-24-10-11-26(17,30-5)23(2)25(24)12-13-27(3)20(24)14-16-8-9-19(29-4)22(31-23)21(16)25/h8-9,17,20H,6-7,10-15H2,1-5H3/t17-,20-,23+,24-,25+,26-/m1/s1. The van der Waals surface area contributed by atoms with E-state index in [2.05, 4.69) is 37.9 Å². The van der Waals surface area contributed by atoms with Gasteiger partial charge in [-0.2, -0.15) is 0 Å². The highest BCUT2D eigenvalue weighted by atomic mass is 16.6. The Kier molecular flexibility index (Phi) is 3.91. The number of likely N-dealkylation sites (N-methyl/N-ethyl adjacent to an activating group) is 1. The topological polar surface area (TPSA) is 48.0 Å². The molecule has 1 aromatic rings. The van der Waals surface area contributed by atoms with E-state index in [1.165, 1.54) is 11.1 Å². The van der Waals surface area contributed by atoms with Gasteiger partial charge in [-0.3, -0.25) is 4.79 Å². The van der Waals surface area contributed by atoms with E-state index < -0.39 is 11.2 Å². The predicted octanol–water partition coefficient (Wildman–Crippen LogP) is 3.90. The molecule has 5 nitrogen and oxygen atoms in total. The van der Waals surface area contributed by atoms with Crippen LogP contribution in [0, 0.1) is 11.3 Å². The first kappa shape index (κ1) is 20.0. The van der Waals surface area contributed by atoms with Crippen LogP contribution in [0.1, 0.15) is 63.5 Å². The maximum absolute atomic E-state index is 13.6. The van der Waals surface area contributed by atoms with Crippen molar-refractivity contribution in [3.05, 3.63) is 23.3 Å². The molecule has 0 amide bonds. The highest BCUT2D eigenvalue weighted by Crippen LogP contribution is 2.80. The Bertz CT molecular complexity index is 976. The number of carbonyl (C=O) groups is 1. The van der Waals surface area contributed by atoms with Crippen LogP contribution in [0.3, 0.4) is 0 Å². The molecule has 0 radical (unpaired) electrons. The number of benzene rings is 1. The number of nitrogens with zero attached hydrogens (tertiary/aromatic N) is 1. The fourth-order valence-corrected chi connectivity index (χ4v) is 9.29. The number of carbonyl (C=O) groups excluding carboxylic acids is 1. The average molecular weight is 426 g/mol. The minimum atomic E-state index is -0.597. The second-order valence-electron chi connectivity index (χ2n) is 10.8. The van der Waals surface area contributed by atoms with Gasteiger partial charge in [0, 0.05) is 30.6 Å². The van der Waals surface area contributed by atoms with Crippen LogP contribution < -0.4 is 9.47 Å². The van der Waals surface area contributed by atoms with Crippen molar-refractivity contribution in [3.8, 4) is 11.5 Å². The maximum Gasteiger partial charge on any atom is 0.166 e. The van der Waals surface area contributed by atoms with Gasteiger partial charge in [0.1, 0.15) is 17.0 Å². The average Bonchev–Trinajstić information content (AvgIpc) is 3.06. The van der Waals surface area contributed by atoms with Crippen molar-refractivity contribution in [3.63, 3.8) is 0 Å². The van der Waals surface area contributed by atoms with Crippen molar-refractivity contribution in [2.24, 2.45) is 11.3 Å². The molecule has 2 heterocycles. The van der Waals surface area contributed by atoms with E-state index in [0.717, 1.165) is 56.6 Å². The molecule has 1 saturated heterocycles. The molecule has 6 atom stereocenters. The first-order valence-corrected chi connectivity index (χ1v) is 12.0. The van der Waals surface area contributed by atoms with Gasteiger partial charge in [-0.15, -0.1) is 0 Å². The van der Waals surface area contributed by atoms with E-state index >= 15 is 0 Å². The summed E-state index contributed by atoms with van der Waals surface area (Å²) < 4.78 is 19.4. The van der Waals surface area contributed by atoms with Crippen LogP contribution in [-0.2, 0) is 21.4 Å². The molecule has 3 saturated carbocycles. The summed E-state index contributed by atoms with van der Waals surface area (Å²) in [6, 6.07) is 4.76. The first-order valence-electron chi connectivity index (χ1n) is 12.0. The lowest BCUT2D eigenvalue weighted by molar-refractivity contribution is -0.309. The van der Waals surface area contributed by atoms with E-state index in [1.54, 1.807) is 7.11 Å². The molecule has 0 N–H and O–H groups in total. The summed E-state index contributed by atoms with van der Waals surface area (Å²) >= 11 is 0. The summed E-state index contributed by atoms with van der Waals surface area (Å²) in [7, 11) is 5.82. The van der Waals surface area contributed by atoms with Crippen LogP contribution in [0.15, 0.2) is 12.1 Å². The second-order valence-corrected chi connectivity index (χ2v) is 10.8. The fraction of sp³-hybridized carbons (Fsp3) is 0.731. The molecule has 4 fully saturated rings. The molecular weight excluding hydrogens is 390 g/mol. The molecule has 0 aromatic heterocycles. The number of fused-ring (bicyclic) bond motifs is 2. The minimum absolute atomic E-state index is 0.0354. The summed E-state index contributed by atoms with van der Waals surface area (Å²) in [5.41, 5.74) is 1.50. The third-order valence-corrected chi connectivity index (χ3v) is 10.4. The molecule has 4 aliphatic carbocycles. The number of ketones is 1. The number of piperidine rings is 1. The zero-order valence-electron chi connectivity index (χ0n) is 19.5. The number of hydrogen-bond acceptors (Lipinski definition) is 5. The lowest BCUT2D eigenvalue weighted by Gasteiger charge is -2.76. The van der Waals surface area contributed by atoms with Crippen molar-refractivity contribution in [1.29, 1.82) is 0 Å². The van der Waals surface area contributed by atoms with Gasteiger partial charge in [0.25, 0.3) is 0 Å². The minimum Gasteiger partial charge on any atom is -0.493 e. The van der Waals surface area contributed by atoms with Crippen LogP contribution in [-0.4, -0.2) is 55.7 Å². The molecule has 2 spiro atoms. The quantitative estimate of drug-likeness (QED) is 0.716. The number of hydrogen-bond donors (Lipinski definition) is 0. The zero-order valence-corrected chi connectivity index (χ0v) is 19.5. The monoisotopic (exact) mass is 425 g/mol. The molecule has 7 rings (SSSR count). The van der Waals surface area contributed by atoms with Crippen molar-refractivity contribution in [2.75, 3.05) is 27.8 Å². The smallest absolute Gasteiger partial charge is 0.166 e. The highest BCUT2D eigenvalue weighted by Gasteiger charge is 2.85. The van der Waals surface area contributed by atoms with Crippen molar-refractivity contribution < 1.29 is 19.0 Å². The summed E-state index contributed by atoms with van der Waals surface area (Å²) in [6.45, 7) is 5.42. The van der Waals surface area contributed by atoms with Gasteiger partial charge in [-0.1, -0.05) is 13.0 Å². The van der Waals surface area contributed by atoms with Gasteiger partial charge >= 0.3 is 0 Å². The summed E-state index contributed by atoms with van der Waals surface area (Å²) in [4.78, 5) is 16.2.